The van der Waals surface area contributed by atoms with Gasteiger partial charge in [-0.25, -0.2) is 0 Å². The normalized spacial score (nSPS) is 22.2. The summed E-state index contributed by atoms with van der Waals surface area (Å²) in [5.41, 5.74) is 6.00. The van der Waals surface area contributed by atoms with Crippen LogP contribution in [-0.2, 0) is 19.1 Å². The molecule has 7 heteroatoms. The van der Waals surface area contributed by atoms with Gasteiger partial charge in [-0.1, -0.05) is 0 Å². The highest BCUT2D eigenvalue weighted by molar-refractivity contribution is 6.03. The Hall–Kier alpha value is -1.89. The standard InChI is InChI=1S/C12H19N3O4/c1-6(10(19-3)7(2)13)11(17)14-8-4-5-9(16)15-12(8)18/h7-8H,4-5,13H2,1-3H3,(H,14,17)(H,15,16,18)/b10-6-/t7-,8?/m1/s1. The molecule has 4 N–H and O–H groups in total. The molecule has 0 bridgehead atoms. The van der Waals surface area contributed by atoms with E-state index in [1.807, 2.05) is 0 Å². The lowest BCUT2D eigenvalue weighted by molar-refractivity contribution is -0.136. The van der Waals surface area contributed by atoms with E-state index < -0.39 is 23.9 Å². The Labute approximate surface area is 111 Å². The van der Waals surface area contributed by atoms with Gasteiger partial charge in [0.1, 0.15) is 11.8 Å². The summed E-state index contributed by atoms with van der Waals surface area (Å²) in [6.07, 6.45) is 0.508. The number of nitrogens with one attached hydrogen (secondary N) is 2. The maximum Gasteiger partial charge on any atom is 0.251 e. The quantitative estimate of drug-likeness (QED) is 0.351. The molecular weight excluding hydrogens is 250 g/mol. The predicted octanol–water partition coefficient (Wildman–Crippen LogP) is -0.825. The fourth-order valence-electron chi connectivity index (χ4n) is 1.89. The average Bonchev–Trinajstić information content (AvgIpc) is 2.32. The van der Waals surface area contributed by atoms with Gasteiger partial charge in [0.15, 0.2) is 0 Å². The average molecular weight is 269 g/mol. The molecule has 1 heterocycles. The maximum absolute atomic E-state index is 12.0. The molecule has 1 aliphatic rings. The van der Waals surface area contributed by atoms with Gasteiger partial charge in [-0.3, -0.25) is 19.7 Å². The minimum atomic E-state index is -0.702. The molecule has 1 aliphatic heterocycles. The largest absolute Gasteiger partial charge is 0.499 e. The molecule has 0 spiro atoms. The smallest absolute Gasteiger partial charge is 0.251 e. The van der Waals surface area contributed by atoms with Crippen LogP contribution in [0.5, 0.6) is 0 Å². The van der Waals surface area contributed by atoms with Gasteiger partial charge in [0.05, 0.1) is 18.7 Å². The fraction of sp³-hybridized carbons (Fsp3) is 0.583. The van der Waals surface area contributed by atoms with Crippen LogP contribution in [0.4, 0.5) is 0 Å². The molecule has 1 unspecified atom stereocenters. The lowest BCUT2D eigenvalue weighted by Crippen LogP contribution is -2.52. The molecule has 2 atom stereocenters. The molecule has 1 saturated heterocycles. The number of methoxy groups -OCH3 is 1. The van der Waals surface area contributed by atoms with E-state index in [-0.39, 0.29) is 12.3 Å². The molecule has 0 aromatic rings. The number of carbonyl (C=O) groups is 3. The third-order valence-electron chi connectivity index (χ3n) is 2.89. The Bertz CT molecular complexity index is 429. The number of rotatable bonds is 4. The highest BCUT2D eigenvalue weighted by Gasteiger charge is 2.28. The molecule has 106 valence electrons. The van der Waals surface area contributed by atoms with Gasteiger partial charge in [-0.05, 0) is 20.3 Å². The zero-order valence-electron chi connectivity index (χ0n) is 11.3. The molecule has 0 saturated carbocycles. The van der Waals surface area contributed by atoms with Crippen LogP contribution < -0.4 is 16.4 Å². The van der Waals surface area contributed by atoms with Crippen molar-refractivity contribution in [2.45, 2.75) is 38.8 Å². The topological polar surface area (TPSA) is 111 Å². The molecule has 7 nitrogen and oxygen atoms in total. The van der Waals surface area contributed by atoms with Gasteiger partial charge in [-0.2, -0.15) is 0 Å². The van der Waals surface area contributed by atoms with Gasteiger partial charge >= 0.3 is 0 Å². The van der Waals surface area contributed by atoms with Crippen molar-refractivity contribution in [1.29, 1.82) is 0 Å². The Morgan fingerprint density at radius 3 is 2.63 bits per heavy atom. The van der Waals surface area contributed by atoms with Gasteiger partial charge in [0.2, 0.25) is 11.8 Å². The summed E-state index contributed by atoms with van der Waals surface area (Å²) >= 11 is 0. The number of nitrogens with two attached hydrogens (primary N) is 1. The first-order chi connectivity index (χ1) is 8.86. The molecule has 0 radical (unpaired) electrons. The van der Waals surface area contributed by atoms with E-state index in [4.69, 9.17) is 10.5 Å². The van der Waals surface area contributed by atoms with Crippen molar-refractivity contribution in [3.8, 4) is 0 Å². The zero-order valence-corrected chi connectivity index (χ0v) is 11.3. The van der Waals surface area contributed by atoms with Crippen molar-refractivity contribution in [2.75, 3.05) is 7.11 Å². The van der Waals surface area contributed by atoms with Crippen molar-refractivity contribution in [3.05, 3.63) is 11.3 Å². The van der Waals surface area contributed by atoms with E-state index in [0.29, 0.717) is 17.8 Å². The van der Waals surface area contributed by atoms with Crippen molar-refractivity contribution in [1.82, 2.24) is 10.6 Å². The van der Waals surface area contributed by atoms with Crippen molar-refractivity contribution in [2.24, 2.45) is 5.73 Å². The van der Waals surface area contributed by atoms with Crippen molar-refractivity contribution in [3.63, 3.8) is 0 Å². The molecule has 1 rings (SSSR count). The van der Waals surface area contributed by atoms with Crippen LogP contribution >= 0.6 is 0 Å². The minimum Gasteiger partial charge on any atom is -0.499 e. The number of carbonyl (C=O) groups excluding carboxylic acids is 3. The second-order valence-electron chi connectivity index (χ2n) is 4.46. The summed E-state index contributed by atoms with van der Waals surface area (Å²) in [5, 5.41) is 4.74. The Morgan fingerprint density at radius 2 is 2.16 bits per heavy atom. The molecule has 19 heavy (non-hydrogen) atoms. The summed E-state index contributed by atoms with van der Waals surface area (Å²) in [6.45, 7) is 3.27. The van der Waals surface area contributed by atoms with Gasteiger partial charge < -0.3 is 15.8 Å². The minimum absolute atomic E-state index is 0.212. The molecule has 0 aromatic carbocycles. The first-order valence-electron chi connectivity index (χ1n) is 6.01. The van der Waals surface area contributed by atoms with Crippen LogP contribution in [0.2, 0.25) is 0 Å². The number of ether oxygens (including phenoxy) is 1. The molecular formula is C12H19N3O4. The maximum atomic E-state index is 12.0. The third kappa shape index (κ3) is 3.78. The number of hydrogen-bond donors (Lipinski definition) is 3. The van der Waals surface area contributed by atoms with Crippen LogP contribution in [0.1, 0.15) is 26.7 Å². The monoisotopic (exact) mass is 269 g/mol. The lowest BCUT2D eigenvalue weighted by atomic mass is 10.1. The van der Waals surface area contributed by atoms with Crippen molar-refractivity contribution < 1.29 is 19.1 Å². The van der Waals surface area contributed by atoms with E-state index in [9.17, 15) is 14.4 Å². The van der Waals surface area contributed by atoms with Crippen LogP contribution in [0.15, 0.2) is 11.3 Å². The second-order valence-corrected chi connectivity index (χ2v) is 4.46. The summed E-state index contributed by atoms with van der Waals surface area (Å²) < 4.78 is 5.07. The first-order valence-corrected chi connectivity index (χ1v) is 6.01. The van der Waals surface area contributed by atoms with Crippen molar-refractivity contribution >= 4 is 17.7 Å². The van der Waals surface area contributed by atoms with E-state index >= 15 is 0 Å². The van der Waals surface area contributed by atoms with E-state index in [2.05, 4.69) is 10.6 Å². The van der Waals surface area contributed by atoms with Crippen LogP contribution in [0.25, 0.3) is 0 Å². The molecule has 0 aliphatic carbocycles. The third-order valence-corrected chi connectivity index (χ3v) is 2.89. The summed E-state index contributed by atoms with van der Waals surface area (Å²) in [7, 11) is 1.43. The van der Waals surface area contributed by atoms with Gasteiger partial charge in [0, 0.05) is 6.42 Å². The van der Waals surface area contributed by atoms with Crippen LogP contribution in [0, 0.1) is 0 Å². The van der Waals surface area contributed by atoms with Crippen LogP contribution in [-0.4, -0.2) is 36.9 Å². The fourth-order valence-corrected chi connectivity index (χ4v) is 1.89. The number of piperidine rings is 1. The SMILES string of the molecule is CO/C(=C(/C)C(=O)NC1CCC(=O)NC1=O)[C@@H](C)N. The number of hydrogen-bond acceptors (Lipinski definition) is 5. The highest BCUT2D eigenvalue weighted by atomic mass is 16.5. The highest BCUT2D eigenvalue weighted by Crippen LogP contribution is 2.10. The number of amides is 3. The summed E-state index contributed by atoms with van der Waals surface area (Å²) in [5.74, 6) is -0.874. The molecule has 0 aromatic heterocycles. The molecule has 1 fully saturated rings. The zero-order chi connectivity index (χ0) is 14.6. The first kappa shape index (κ1) is 15.2. The Kier molecular flexibility index (Phi) is 5.05. The van der Waals surface area contributed by atoms with E-state index in [1.165, 1.54) is 7.11 Å². The Balaban J connectivity index is 2.74. The van der Waals surface area contributed by atoms with Gasteiger partial charge in [-0.15, -0.1) is 0 Å². The Morgan fingerprint density at radius 1 is 1.53 bits per heavy atom. The van der Waals surface area contributed by atoms with Gasteiger partial charge in [0.25, 0.3) is 5.91 Å². The van der Waals surface area contributed by atoms with Crippen LogP contribution in [0.3, 0.4) is 0 Å². The molecule has 3 amide bonds. The van der Waals surface area contributed by atoms with E-state index in [1.54, 1.807) is 13.8 Å². The lowest BCUT2D eigenvalue weighted by Gasteiger charge is -2.22. The number of imide groups is 1. The second kappa shape index (κ2) is 6.33. The predicted molar refractivity (Wildman–Crippen MR) is 67.7 cm³/mol. The van der Waals surface area contributed by atoms with E-state index in [0.717, 1.165) is 0 Å². The summed E-state index contributed by atoms with van der Waals surface area (Å²) in [6, 6.07) is -1.12. The summed E-state index contributed by atoms with van der Waals surface area (Å²) in [4.78, 5) is 34.5.